The largest absolute Gasteiger partial charge is 0.481 e. The number of alkyl carbamates (subject to hydrolysis) is 1. The normalized spacial score (nSPS) is 19.6. The first-order valence-corrected chi connectivity index (χ1v) is 14.9. The summed E-state index contributed by atoms with van der Waals surface area (Å²) in [4.78, 5) is 43.1. The van der Waals surface area contributed by atoms with Crippen LogP contribution in [0.4, 0.5) is 4.79 Å². The minimum absolute atomic E-state index is 0.0824. The van der Waals surface area contributed by atoms with Crippen molar-refractivity contribution in [3.63, 3.8) is 0 Å². The fraction of sp³-hybridized carbons (Fsp3) is 0.382. The molecule has 0 spiro atoms. The molecule has 3 aliphatic rings. The lowest BCUT2D eigenvalue weighted by Crippen LogP contribution is -2.64. The van der Waals surface area contributed by atoms with Crippen LogP contribution in [0.15, 0.2) is 78.9 Å². The fourth-order valence-electron chi connectivity index (χ4n) is 6.95. The number of nitrogens with one attached hydrogen (secondary N) is 1. The molecule has 218 valence electrons. The molecule has 2 fully saturated rings. The fourth-order valence-corrected chi connectivity index (χ4v) is 6.95. The Balaban J connectivity index is 1.18. The van der Waals surface area contributed by atoms with Gasteiger partial charge in [0.05, 0.1) is 6.42 Å². The van der Waals surface area contributed by atoms with Crippen molar-refractivity contribution < 1.29 is 24.2 Å². The summed E-state index contributed by atoms with van der Waals surface area (Å²) in [7, 11) is 0. The second-order valence-corrected chi connectivity index (χ2v) is 11.7. The van der Waals surface area contributed by atoms with Gasteiger partial charge in [-0.2, -0.15) is 0 Å². The molecule has 2 amide bonds. The predicted octanol–water partition coefficient (Wildman–Crippen LogP) is 5.03. The lowest BCUT2D eigenvalue weighted by atomic mass is 9.85. The van der Waals surface area contributed by atoms with E-state index < -0.39 is 17.6 Å². The Morgan fingerprint density at radius 2 is 1.48 bits per heavy atom. The molecule has 0 radical (unpaired) electrons. The molecule has 2 saturated heterocycles. The van der Waals surface area contributed by atoms with E-state index in [1.807, 2.05) is 42.5 Å². The molecule has 1 atom stereocenters. The van der Waals surface area contributed by atoms with Gasteiger partial charge in [0.15, 0.2) is 0 Å². The van der Waals surface area contributed by atoms with E-state index in [9.17, 15) is 19.5 Å². The first-order chi connectivity index (χ1) is 20.4. The second kappa shape index (κ2) is 12.0. The van der Waals surface area contributed by atoms with Gasteiger partial charge in [0.2, 0.25) is 5.91 Å². The summed E-state index contributed by atoms with van der Waals surface area (Å²) < 4.78 is 5.87. The molecule has 8 heteroatoms. The third-order valence-electron chi connectivity index (χ3n) is 9.10. The van der Waals surface area contributed by atoms with Gasteiger partial charge in [-0.15, -0.1) is 0 Å². The Bertz CT molecular complexity index is 1400. The standard InChI is InChI=1S/C34H37N3O5/c38-31(39)21-25-11-8-18-37(25)32(40)34(16-19-36(20-17-34)22-24-9-2-1-3-10-24)35-33(41)42-23-30-28-14-6-4-12-26(28)27-13-5-7-15-29(27)30/h1-7,9-10,12-15,25,30H,8,11,16-23H2,(H,35,41)(H,38,39)/t25-/m0/s1. The van der Waals surface area contributed by atoms with Crippen molar-refractivity contribution in [2.45, 2.75) is 56.1 Å². The maximum absolute atomic E-state index is 14.1. The SMILES string of the molecule is O=C(O)C[C@@H]1CCCN1C(=O)C1(NC(=O)OCC2c3ccccc3-c3ccccc32)CCN(Cc2ccccc2)CC1. The van der Waals surface area contributed by atoms with Crippen LogP contribution < -0.4 is 5.32 Å². The van der Waals surface area contributed by atoms with Crippen molar-refractivity contribution in [2.24, 2.45) is 0 Å². The molecule has 1 aliphatic carbocycles. The lowest BCUT2D eigenvalue weighted by Gasteiger charge is -2.43. The first kappa shape index (κ1) is 28.0. The van der Waals surface area contributed by atoms with E-state index >= 15 is 0 Å². The van der Waals surface area contributed by atoms with Gasteiger partial charge >= 0.3 is 12.1 Å². The molecule has 8 nitrogen and oxygen atoms in total. The summed E-state index contributed by atoms with van der Waals surface area (Å²) >= 11 is 0. The highest BCUT2D eigenvalue weighted by Gasteiger charge is 2.48. The van der Waals surface area contributed by atoms with Gasteiger partial charge in [-0.25, -0.2) is 4.79 Å². The van der Waals surface area contributed by atoms with E-state index in [-0.39, 0.29) is 30.9 Å². The Morgan fingerprint density at radius 3 is 2.12 bits per heavy atom. The van der Waals surface area contributed by atoms with Crippen molar-refractivity contribution in [3.05, 3.63) is 95.6 Å². The third kappa shape index (κ3) is 5.63. The van der Waals surface area contributed by atoms with Crippen molar-refractivity contribution >= 4 is 18.0 Å². The molecular formula is C34H37N3O5. The van der Waals surface area contributed by atoms with Crippen LogP contribution in [-0.2, 0) is 20.9 Å². The number of ether oxygens (including phenoxy) is 1. The number of carboxylic acids is 1. The molecule has 3 aromatic rings. The summed E-state index contributed by atoms with van der Waals surface area (Å²) in [5, 5.41) is 12.5. The molecular weight excluding hydrogens is 530 g/mol. The van der Waals surface area contributed by atoms with Gasteiger partial charge in [-0.05, 0) is 53.5 Å². The van der Waals surface area contributed by atoms with Gasteiger partial charge in [0.1, 0.15) is 12.1 Å². The molecule has 6 rings (SSSR count). The number of hydrogen-bond donors (Lipinski definition) is 2. The second-order valence-electron chi connectivity index (χ2n) is 11.7. The van der Waals surface area contributed by atoms with Crippen LogP contribution in [0.3, 0.4) is 0 Å². The zero-order valence-corrected chi connectivity index (χ0v) is 23.7. The predicted molar refractivity (Wildman–Crippen MR) is 159 cm³/mol. The summed E-state index contributed by atoms with van der Waals surface area (Å²) in [6, 6.07) is 26.2. The molecule has 2 aliphatic heterocycles. The Kier molecular flexibility index (Phi) is 7.98. The average Bonchev–Trinajstić information content (AvgIpc) is 3.59. The van der Waals surface area contributed by atoms with Crippen LogP contribution in [-0.4, -0.2) is 70.7 Å². The molecule has 0 bridgehead atoms. The zero-order valence-electron chi connectivity index (χ0n) is 23.7. The molecule has 3 aromatic carbocycles. The van der Waals surface area contributed by atoms with Gasteiger partial charge < -0.3 is 20.1 Å². The number of nitrogens with zero attached hydrogens (tertiary/aromatic N) is 2. The number of carbonyl (C=O) groups excluding carboxylic acids is 2. The highest BCUT2D eigenvalue weighted by Crippen LogP contribution is 2.44. The van der Waals surface area contributed by atoms with Crippen LogP contribution >= 0.6 is 0 Å². The van der Waals surface area contributed by atoms with E-state index in [4.69, 9.17) is 4.74 Å². The smallest absolute Gasteiger partial charge is 0.408 e. The maximum atomic E-state index is 14.1. The number of aliphatic carboxylic acids is 1. The molecule has 2 N–H and O–H groups in total. The van der Waals surface area contributed by atoms with Gasteiger partial charge in [-0.1, -0.05) is 78.9 Å². The summed E-state index contributed by atoms with van der Waals surface area (Å²) in [6.45, 7) is 2.68. The Morgan fingerprint density at radius 1 is 0.857 bits per heavy atom. The molecule has 2 heterocycles. The van der Waals surface area contributed by atoms with Crippen molar-refractivity contribution in [2.75, 3.05) is 26.2 Å². The van der Waals surface area contributed by atoms with Crippen molar-refractivity contribution in [3.8, 4) is 11.1 Å². The van der Waals surface area contributed by atoms with Crippen molar-refractivity contribution in [1.82, 2.24) is 15.1 Å². The van der Waals surface area contributed by atoms with Crippen LogP contribution in [0.5, 0.6) is 0 Å². The molecule has 0 aromatic heterocycles. The number of piperidine rings is 1. The van der Waals surface area contributed by atoms with E-state index in [1.54, 1.807) is 4.90 Å². The maximum Gasteiger partial charge on any atom is 0.408 e. The minimum atomic E-state index is -1.14. The highest BCUT2D eigenvalue weighted by atomic mass is 16.5. The number of benzene rings is 3. The van der Waals surface area contributed by atoms with Crippen LogP contribution in [0.1, 0.15) is 54.7 Å². The van der Waals surface area contributed by atoms with Gasteiger partial charge in [0.25, 0.3) is 0 Å². The van der Waals surface area contributed by atoms with E-state index in [1.165, 1.54) is 5.56 Å². The molecule has 0 saturated carbocycles. The van der Waals surface area contributed by atoms with Crippen LogP contribution in [0, 0.1) is 0 Å². The number of rotatable bonds is 8. The topological polar surface area (TPSA) is 99.2 Å². The average molecular weight is 568 g/mol. The number of hydrogen-bond acceptors (Lipinski definition) is 5. The van der Waals surface area contributed by atoms with Crippen LogP contribution in [0.2, 0.25) is 0 Å². The minimum Gasteiger partial charge on any atom is -0.481 e. The number of amides is 2. The summed E-state index contributed by atoms with van der Waals surface area (Å²) in [6.07, 6.45) is 1.56. The monoisotopic (exact) mass is 567 g/mol. The number of carboxylic acid groups (broad SMARTS) is 1. The van der Waals surface area contributed by atoms with E-state index in [2.05, 4.69) is 46.6 Å². The van der Waals surface area contributed by atoms with Crippen molar-refractivity contribution in [1.29, 1.82) is 0 Å². The first-order valence-electron chi connectivity index (χ1n) is 14.9. The molecule has 42 heavy (non-hydrogen) atoms. The highest BCUT2D eigenvalue weighted by molar-refractivity contribution is 5.91. The number of likely N-dealkylation sites (tertiary alicyclic amines) is 2. The van der Waals surface area contributed by atoms with Gasteiger partial charge in [-0.3, -0.25) is 14.5 Å². The Hall–Kier alpha value is -4.17. The zero-order chi connectivity index (χ0) is 29.1. The third-order valence-corrected chi connectivity index (χ3v) is 9.10. The number of fused-ring (bicyclic) bond motifs is 3. The van der Waals surface area contributed by atoms with E-state index in [0.717, 1.165) is 35.2 Å². The van der Waals surface area contributed by atoms with Crippen LogP contribution in [0.25, 0.3) is 11.1 Å². The summed E-state index contributed by atoms with van der Waals surface area (Å²) in [5.41, 5.74) is 4.61. The Labute approximate surface area is 246 Å². The molecule has 0 unspecified atom stereocenters. The quantitative estimate of drug-likeness (QED) is 0.396. The summed E-state index contributed by atoms with van der Waals surface area (Å²) in [5.74, 6) is -1.20. The van der Waals surface area contributed by atoms with E-state index in [0.29, 0.717) is 38.9 Å². The lowest BCUT2D eigenvalue weighted by molar-refractivity contribution is -0.144. The van der Waals surface area contributed by atoms with Gasteiger partial charge in [0, 0.05) is 38.1 Å². The number of carbonyl (C=O) groups is 3.